The molecule has 4 aliphatic rings. The maximum Gasteiger partial charge on any atom is -1.00 e. The molecular weight excluding hydrogens is 835 g/mol. The molecule has 2 unspecified atom stereocenters. The molecule has 0 N–H and O–H groups in total. The van der Waals surface area contributed by atoms with Crippen LogP contribution in [0, 0.1) is 47.3 Å². The Morgan fingerprint density at radius 3 is 1.90 bits per heavy atom. The van der Waals surface area contributed by atoms with Gasteiger partial charge in [-0.05, 0) is 40.6 Å². The molecule has 4 aromatic carbocycles. The second-order valence-electron chi connectivity index (χ2n) is 20.4. The first kappa shape index (κ1) is 49.1. The van der Waals surface area contributed by atoms with Crippen LogP contribution < -0.4 is 24.8 Å². The van der Waals surface area contributed by atoms with Crippen LogP contribution in [0.2, 0.25) is 0 Å². The van der Waals surface area contributed by atoms with E-state index in [4.69, 9.17) is 0 Å². The van der Waals surface area contributed by atoms with E-state index in [9.17, 15) is 0 Å². The Morgan fingerprint density at radius 1 is 0.814 bits per heavy atom. The van der Waals surface area contributed by atoms with Crippen molar-refractivity contribution in [1.82, 2.24) is 0 Å². The largest absolute Gasteiger partial charge is 1.00 e. The molecule has 0 bridgehead atoms. The Balaban J connectivity index is 0.000000217. The van der Waals surface area contributed by atoms with Gasteiger partial charge in [-0.3, -0.25) is 0 Å². The number of halogens is 2. The average molecular weight is 905 g/mol. The molecule has 0 nitrogen and oxygen atoms in total. The van der Waals surface area contributed by atoms with Crippen LogP contribution in [0.5, 0.6) is 0 Å². The quantitative estimate of drug-likeness (QED) is 0.180. The summed E-state index contributed by atoms with van der Waals surface area (Å²) in [6, 6.07) is 33.5. The van der Waals surface area contributed by atoms with E-state index in [1.165, 1.54) is 97.6 Å². The zero-order chi connectivity index (χ0) is 41.7. The van der Waals surface area contributed by atoms with Gasteiger partial charge < -0.3 is 24.8 Å². The van der Waals surface area contributed by atoms with Crippen molar-refractivity contribution in [1.29, 1.82) is 0 Å². The summed E-state index contributed by atoms with van der Waals surface area (Å²) in [5.41, 5.74) is 18.9. The number of hydrogen-bond acceptors (Lipinski definition) is 0. The van der Waals surface area contributed by atoms with Crippen molar-refractivity contribution in [2.75, 3.05) is 0 Å². The predicted molar refractivity (Wildman–Crippen MR) is 245 cm³/mol. The molecule has 1 saturated carbocycles. The molecule has 59 heavy (non-hydrogen) atoms. The molecule has 314 valence electrons. The molecular formula is C56H70Cl2Zr-2. The molecule has 0 aromatic heterocycles. The van der Waals surface area contributed by atoms with Crippen molar-refractivity contribution in [2.24, 2.45) is 27.6 Å². The van der Waals surface area contributed by atoms with E-state index < -0.39 is 0 Å². The summed E-state index contributed by atoms with van der Waals surface area (Å²) < 4.78 is 1.42. The molecule has 0 aliphatic heterocycles. The third-order valence-electron chi connectivity index (χ3n) is 15.7. The first-order valence-electron chi connectivity index (χ1n) is 21.7. The van der Waals surface area contributed by atoms with E-state index in [0.717, 1.165) is 6.42 Å². The maximum absolute atomic E-state index is 2.62. The van der Waals surface area contributed by atoms with Gasteiger partial charge in [0.25, 0.3) is 0 Å². The standard InChI is InChI=1S/C29H37.C15H14.C12H19.2ClH.Zr/c1-18-25-22-17-19-13-9-10-14-20(19)24(22)21-15-11-12-16-23(21)29(25,8)28(6,7)27(4,5)26(18,2)3;1-12-3-7-14(8-4-12)11-15-9-5-13(2)6-10-15;1-5-6-10-7-8-11(9-10)12(2,3)4;;;/h9-11,13-15,23H,12,16-17H2,1-8H3;3-10H,1-2H3;7-9H,5-6H2,1-4H3;2*1H;/q-1;;-1;;;+2/p-2. The maximum atomic E-state index is 2.62. The van der Waals surface area contributed by atoms with Crippen molar-refractivity contribution >= 4 is 8.78 Å². The second kappa shape index (κ2) is 18.4. The van der Waals surface area contributed by atoms with Gasteiger partial charge in [0.15, 0.2) is 0 Å². The van der Waals surface area contributed by atoms with Crippen LogP contribution in [0.15, 0.2) is 120 Å². The minimum atomic E-state index is 0. The molecule has 0 spiro atoms. The number of hydrogen-bond donors (Lipinski definition) is 0. The molecule has 3 heteroatoms. The van der Waals surface area contributed by atoms with Crippen LogP contribution in [0.3, 0.4) is 0 Å². The van der Waals surface area contributed by atoms with Crippen LogP contribution in [-0.2, 0) is 42.5 Å². The van der Waals surface area contributed by atoms with Gasteiger partial charge in [-0.25, -0.2) is 12.0 Å². The average Bonchev–Trinajstić information content (AvgIpc) is 3.81. The summed E-state index contributed by atoms with van der Waals surface area (Å²) in [4.78, 5) is 0. The van der Waals surface area contributed by atoms with Gasteiger partial charge in [-0.1, -0.05) is 159 Å². The van der Waals surface area contributed by atoms with Crippen LogP contribution in [0.4, 0.5) is 0 Å². The first-order valence-corrected chi connectivity index (χ1v) is 23.0. The van der Waals surface area contributed by atoms with Gasteiger partial charge in [0.1, 0.15) is 0 Å². The van der Waals surface area contributed by atoms with Crippen LogP contribution in [-0.4, -0.2) is 3.21 Å². The summed E-state index contributed by atoms with van der Waals surface area (Å²) in [7, 11) is 0. The summed E-state index contributed by atoms with van der Waals surface area (Å²) in [5.74, 6) is 2.24. The summed E-state index contributed by atoms with van der Waals surface area (Å²) in [5, 5.41) is 0. The molecule has 8 rings (SSSR count). The third kappa shape index (κ3) is 8.76. The third-order valence-corrected chi connectivity index (χ3v) is 17.1. The van der Waals surface area contributed by atoms with Crippen LogP contribution in [0.25, 0.3) is 5.57 Å². The SMILES string of the molecule is CCCc1cc(C(C)(C)C)c[cH-]1.C[C-]1C2=C3Cc4ccccc4C3=C3C=CCCC3C2(C)C(C)(C)C(C)(C)C1(C)C.Cc1ccc([C](=[Zr+2])c2ccc(C)cc2)cc1.[Cl-].[Cl-]. The molecule has 4 aromatic rings. The van der Waals surface area contributed by atoms with E-state index in [1.54, 1.807) is 28.2 Å². The fraction of sp³-hybridized carbons (Fsp3) is 0.446. The van der Waals surface area contributed by atoms with E-state index in [0.29, 0.717) is 11.3 Å². The topological polar surface area (TPSA) is 0 Å². The normalized spacial score (nSPS) is 21.6. The fourth-order valence-electron chi connectivity index (χ4n) is 10.6. The number of fused-ring (bicyclic) bond motifs is 6. The van der Waals surface area contributed by atoms with Crippen LogP contribution in [0.1, 0.15) is 147 Å². The van der Waals surface area contributed by atoms with Gasteiger partial charge in [-0.2, -0.15) is 34.4 Å². The Kier molecular flexibility index (Phi) is 15.3. The molecule has 2 atom stereocenters. The number of rotatable bonds is 4. The molecule has 0 saturated heterocycles. The molecule has 0 heterocycles. The Bertz CT molecular complexity index is 2140. The number of aryl methyl sites for hydroxylation is 3. The van der Waals surface area contributed by atoms with Crippen molar-refractivity contribution in [3.05, 3.63) is 170 Å². The van der Waals surface area contributed by atoms with Crippen LogP contribution >= 0.6 is 0 Å². The van der Waals surface area contributed by atoms with E-state index in [2.05, 4.69) is 200 Å². The van der Waals surface area contributed by atoms with Crippen molar-refractivity contribution in [2.45, 2.75) is 134 Å². The van der Waals surface area contributed by atoms with Gasteiger partial charge in [0.2, 0.25) is 0 Å². The second-order valence-corrected chi connectivity index (χ2v) is 21.6. The smallest absolute Gasteiger partial charge is 1.00 e. The monoisotopic (exact) mass is 902 g/mol. The van der Waals surface area contributed by atoms with Gasteiger partial charge in [-0.15, -0.1) is 6.92 Å². The number of allylic oxidation sites excluding steroid dienone is 6. The zero-order valence-electron chi connectivity index (χ0n) is 38.7. The van der Waals surface area contributed by atoms with Gasteiger partial charge in [0.05, 0.1) is 0 Å². The van der Waals surface area contributed by atoms with E-state index >= 15 is 0 Å². The minimum Gasteiger partial charge on any atom is -1.00 e. The predicted octanol–water partition coefficient (Wildman–Crippen LogP) is 9.05. The number of benzene rings is 3. The summed E-state index contributed by atoms with van der Waals surface area (Å²) in [6.45, 7) is 33.6. The van der Waals surface area contributed by atoms with E-state index in [-0.39, 0.29) is 46.5 Å². The molecule has 4 aliphatic carbocycles. The fourth-order valence-corrected chi connectivity index (χ4v) is 11.4. The van der Waals surface area contributed by atoms with Gasteiger partial charge in [0, 0.05) is 0 Å². The Labute approximate surface area is 387 Å². The first-order chi connectivity index (χ1) is 26.7. The zero-order valence-corrected chi connectivity index (χ0v) is 42.7. The Hall–Kier alpha value is -2.57. The summed E-state index contributed by atoms with van der Waals surface area (Å²) >= 11 is 1.46. The molecule has 0 amide bonds. The minimum absolute atomic E-state index is 0. The van der Waals surface area contributed by atoms with Gasteiger partial charge >= 0.3 is 112 Å². The van der Waals surface area contributed by atoms with Crippen molar-refractivity contribution in [3.63, 3.8) is 0 Å². The van der Waals surface area contributed by atoms with E-state index in [1.807, 2.05) is 0 Å². The molecule has 0 radical (unpaired) electrons. The summed E-state index contributed by atoms with van der Waals surface area (Å²) in [6.07, 6.45) is 11.0. The van der Waals surface area contributed by atoms with Crippen molar-refractivity contribution < 1.29 is 49.0 Å². The molecule has 1 fully saturated rings. The Morgan fingerprint density at radius 2 is 1.37 bits per heavy atom. The van der Waals surface area contributed by atoms with Crippen molar-refractivity contribution in [3.8, 4) is 0 Å².